The molecule has 164 valence electrons. The van der Waals surface area contributed by atoms with E-state index in [-0.39, 0.29) is 24.0 Å². The normalized spacial score (nSPS) is 22.2. The molecule has 0 amide bonds. The molecule has 1 aromatic carbocycles. The van der Waals surface area contributed by atoms with Crippen LogP contribution in [0.3, 0.4) is 0 Å². The van der Waals surface area contributed by atoms with E-state index in [1.165, 1.54) is 11.1 Å². The number of benzene rings is 1. The molecule has 2 aliphatic heterocycles. The van der Waals surface area contributed by atoms with Crippen LogP contribution in [0.5, 0.6) is 0 Å². The maximum absolute atomic E-state index is 5.47. The Labute approximate surface area is 192 Å². The quantitative estimate of drug-likeness (QED) is 0.335. The molecule has 8 heteroatoms. The van der Waals surface area contributed by atoms with Gasteiger partial charge in [0.15, 0.2) is 5.96 Å². The highest BCUT2D eigenvalue weighted by molar-refractivity contribution is 14.0. The van der Waals surface area contributed by atoms with Crippen molar-refractivity contribution in [3.05, 3.63) is 35.4 Å². The second-order valence-electron chi connectivity index (χ2n) is 7.86. The number of nitrogens with one attached hydrogen (secondary N) is 2. The summed E-state index contributed by atoms with van der Waals surface area (Å²) in [6.07, 6.45) is 0. The van der Waals surface area contributed by atoms with Crippen LogP contribution in [0.4, 0.5) is 0 Å². The number of aliphatic imine (C=N–C) groups is 1. The first-order valence-electron chi connectivity index (χ1n) is 10.4. The fourth-order valence-corrected chi connectivity index (χ4v) is 3.82. The number of ether oxygens (including phenoxy) is 1. The lowest BCUT2D eigenvalue weighted by Gasteiger charge is -2.37. The second kappa shape index (κ2) is 12.7. The van der Waals surface area contributed by atoms with Gasteiger partial charge in [0.25, 0.3) is 0 Å². The number of hydrogen-bond acceptors (Lipinski definition) is 5. The van der Waals surface area contributed by atoms with E-state index in [1.807, 2.05) is 7.05 Å². The van der Waals surface area contributed by atoms with Crippen LogP contribution in [-0.4, -0.2) is 100 Å². The summed E-state index contributed by atoms with van der Waals surface area (Å²) >= 11 is 0. The van der Waals surface area contributed by atoms with Gasteiger partial charge in [-0.25, -0.2) is 0 Å². The molecular weight excluding hydrogens is 479 g/mol. The molecule has 0 bridgehead atoms. The topological polar surface area (TPSA) is 55.4 Å². The zero-order chi connectivity index (χ0) is 19.8. The minimum Gasteiger partial charge on any atom is -0.379 e. The molecule has 2 aliphatic rings. The Bertz CT molecular complexity index is 637. The molecule has 2 saturated heterocycles. The van der Waals surface area contributed by atoms with Crippen molar-refractivity contribution in [3.63, 3.8) is 0 Å². The molecule has 0 spiro atoms. The number of morpholine rings is 1. The van der Waals surface area contributed by atoms with E-state index in [1.54, 1.807) is 0 Å². The van der Waals surface area contributed by atoms with Gasteiger partial charge in [-0.3, -0.25) is 14.8 Å². The van der Waals surface area contributed by atoms with Crippen molar-refractivity contribution < 1.29 is 4.74 Å². The smallest absolute Gasteiger partial charge is 0.191 e. The minimum atomic E-state index is 0. The van der Waals surface area contributed by atoms with Crippen LogP contribution < -0.4 is 10.6 Å². The first kappa shape index (κ1) is 24.3. The lowest BCUT2D eigenvalue weighted by atomic mass is 10.1. The minimum absolute atomic E-state index is 0. The van der Waals surface area contributed by atoms with E-state index in [0.29, 0.717) is 6.04 Å². The second-order valence-corrected chi connectivity index (χ2v) is 7.86. The molecule has 29 heavy (non-hydrogen) atoms. The van der Waals surface area contributed by atoms with E-state index in [0.717, 1.165) is 71.5 Å². The van der Waals surface area contributed by atoms with Crippen LogP contribution in [0.2, 0.25) is 0 Å². The zero-order valence-corrected chi connectivity index (χ0v) is 20.4. The molecule has 0 radical (unpaired) electrons. The maximum atomic E-state index is 5.47. The van der Waals surface area contributed by atoms with Gasteiger partial charge >= 0.3 is 0 Å². The first-order chi connectivity index (χ1) is 13.7. The van der Waals surface area contributed by atoms with Crippen LogP contribution in [-0.2, 0) is 17.8 Å². The predicted octanol–water partition coefficient (Wildman–Crippen LogP) is 1.05. The standard InChI is InChI=1S/C21H36N6O.HI/c1-22-21(24-15-20-17-25(2)8-9-26(20)3)23-14-18-6-4-5-7-19(18)16-27-10-12-28-13-11-27;/h4-7,20H,8-17H2,1-3H3,(H2,22,23,24);1H. The molecule has 0 aromatic heterocycles. The van der Waals surface area contributed by atoms with E-state index >= 15 is 0 Å². The molecule has 0 saturated carbocycles. The maximum Gasteiger partial charge on any atom is 0.191 e. The summed E-state index contributed by atoms with van der Waals surface area (Å²) in [6.45, 7) is 9.68. The van der Waals surface area contributed by atoms with Crippen molar-refractivity contribution in [1.29, 1.82) is 0 Å². The van der Waals surface area contributed by atoms with E-state index in [2.05, 4.69) is 68.7 Å². The molecule has 1 aromatic rings. The van der Waals surface area contributed by atoms with Crippen molar-refractivity contribution >= 4 is 29.9 Å². The zero-order valence-electron chi connectivity index (χ0n) is 18.1. The Balaban J connectivity index is 0.00000300. The fraction of sp³-hybridized carbons (Fsp3) is 0.667. The van der Waals surface area contributed by atoms with Crippen LogP contribution in [0.15, 0.2) is 29.3 Å². The number of halogens is 1. The third-order valence-electron chi connectivity index (χ3n) is 5.77. The predicted molar refractivity (Wildman–Crippen MR) is 130 cm³/mol. The summed E-state index contributed by atoms with van der Waals surface area (Å²) in [6, 6.07) is 9.19. The SMILES string of the molecule is CN=C(NCc1ccccc1CN1CCOCC1)NCC1CN(C)CCN1C.I. The molecule has 2 fully saturated rings. The van der Waals surface area contributed by atoms with Crippen molar-refractivity contribution in [2.24, 2.45) is 4.99 Å². The average molecular weight is 516 g/mol. The first-order valence-corrected chi connectivity index (χ1v) is 10.4. The molecule has 2 heterocycles. The van der Waals surface area contributed by atoms with Gasteiger partial charge in [0, 0.05) is 65.4 Å². The van der Waals surface area contributed by atoms with Gasteiger partial charge < -0.3 is 20.3 Å². The van der Waals surface area contributed by atoms with Gasteiger partial charge in [-0.1, -0.05) is 24.3 Å². The third kappa shape index (κ3) is 7.67. The van der Waals surface area contributed by atoms with Crippen molar-refractivity contribution in [2.75, 3.05) is 73.6 Å². The summed E-state index contributed by atoms with van der Waals surface area (Å²) in [5, 5.41) is 7.00. The number of rotatable bonds is 6. The Hall–Kier alpha value is -0.940. The summed E-state index contributed by atoms with van der Waals surface area (Å²) in [5.41, 5.74) is 2.70. The lowest BCUT2D eigenvalue weighted by molar-refractivity contribution is 0.0341. The molecule has 3 rings (SSSR count). The monoisotopic (exact) mass is 516 g/mol. The Morgan fingerprint density at radius 2 is 1.79 bits per heavy atom. The van der Waals surface area contributed by atoms with E-state index < -0.39 is 0 Å². The molecule has 1 unspecified atom stereocenters. The van der Waals surface area contributed by atoms with E-state index in [4.69, 9.17) is 4.74 Å². The van der Waals surface area contributed by atoms with Gasteiger partial charge in [0.05, 0.1) is 13.2 Å². The average Bonchev–Trinajstić information content (AvgIpc) is 2.72. The number of likely N-dealkylation sites (N-methyl/N-ethyl adjacent to an activating group) is 2. The lowest BCUT2D eigenvalue weighted by Crippen LogP contribution is -2.55. The fourth-order valence-electron chi connectivity index (χ4n) is 3.82. The van der Waals surface area contributed by atoms with Gasteiger partial charge in [-0.2, -0.15) is 0 Å². The molecule has 0 aliphatic carbocycles. The van der Waals surface area contributed by atoms with E-state index in [9.17, 15) is 0 Å². The number of guanidine groups is 1. The van der Waals surface area contributed by atoms with Crippen LogP contribution in [0.1, 0.15) is 11.1 Å². The number of hydrogen-bond donors (Lipinski definition) is 2. The summed E-state index contributed by atoms with van der Waals surface area (Å²) in [5.74, 6) is 0.864. The third-order valence-corrected chi connectivity index (χ3v) is 5.77. The summed E-state index contributed by atoms with van der Waals surface area (Å²) < 4.78 is 5.47. The molecule has 1 atom stereocenters. The highest BCUT2D eigenvalue weighted by Crippen LogP contribution is 2.13. The molecular formula is C21H37IN6O. The largest absolute Gasteiger partial charge is 0.379 e. The number of piperazine rings is 1. The Morgan fingerprint density at radius 3 is 2.52 bits per heavy atom. The van der Waals surface area contributed by atoms with Crippen LogP contribution in [0, 0.1) is 0 Å². The van der Waals surface area contributed by atoms with Gasteiger partial charge in [-0.15, -0.1) is 24.0 Å². The van der Waals surface area contributed by atoms with Gasteiger partial charge in [0.2, 0.25) is 0 Å². The molecule has 2 N–H and O–H groups in total. The highest BCUT2D eigenvalue weighted by atomic mass is 127. The Morgan fingerprint density at radius 1 is 1.07 bits per heavy atom. The van der Waals surface area contributed by atoms with Crippen LogP contribution in [0.25, 0.3) is 0 Å². The molecule has 7 nitrogen and oxygen atoms in total. The number of nitrogens with zero attached hydrogens (tertiary/aromatic N) is 4. The Kier molecular flexibility index (Phi) is 10.6. The van der Waals surface area contributed by atoms with Crippen molar-refractivity contribution in [2.45, 2.75) is 19.1 Å². The summed E-state index contributed by atoms with van der Waals surface area (Å²) in [7, 11) is 6.24. The summed E-state index contributed by atoms with van der Waals surface area (Å²) in [4.78, 5) is 11.7. The van der Waals surface area contributed by atoms with Crippen molar-refractivity contribution in [3.8, 4) is 0 Å². The van der Waals surface area contributed by atoms with Crippen molar-refractivity contribution in [1.82, 2.24) is 25.3 Å². The van der Waals surface area contributed by atoms with Gasteiger partial charge in [-0.05, 0) is 25.2 Å². The highest BCUT2D eigenvalue weighted by Gasteiger charge is 2.22. The van der Waals surface area contributed by atoms with Crippen LogP contribution >= 0.6 is 24.0 Å². The van der Waals surface area contributed by atoms with Gasteiger partial charge in [0.1, 0.15) is 0 Å².